The molecule has 0 bridgehead atoms. The van der Waals surface area contributed by atoms with Crippen LogP contribution in [0.4, 0.5) is 0 Å². The standard InChI is InChI=1S/C12H11N3O5/c16-9-2-1-8(11(18)15-9)14-10(17)6-3-7(12(19)20)5-13-4-6/h3-5,8H,1-2H2,(H,14,17)(H,19,20)(H,15,16,18). The molecule has 0 aromatic carbocycles. The summed E-state index contributed by atoms with van der Waals surface area (Å²) in [6.07, 6.45) is 2.67. The van der Waals surface area contributed by atoms with Gasteiger partial charge in [-0.3, -0.25) is 24.7 Å². The third-order valence-electron chi connectivity index (χ3n) is 2.79. The van der Waals surface area contributed by atoms with E-state index in [0.29, 0.717) is 0 Å². The number of piperidine rings is 1. The first-order valence-corrected chi connectivity index (χ1v) is 5.80. The first kappa shape index (κ1) is 13.7. The highest BCUT2D eigenvalue weighted by molar-refractivity contribution is 6.04. The highest BCUT2D eigenvalue weighted by atomic mass is 16.4. The van der Waals surface area contributed by atoms with Crippen molar-refractivity contribution in [3.05, 3.63) is 29.6 Å². The van der Waals surface area contributed by atoms with Gasteiger partial charge in [-0.05, 0) is 12.5 Å². The van der Waals surface area contributed by atoms with Gasteiger partial charge in [-0.25, -0.2) is 4.79 Å². The Morgan fingerprint density at radius 3 is 2.65 bits per heavy atom. The Bertz CT molecular complexity index is 599. The van der Waals surface area contributed by atoms with Crippen LogP contribution < -0.4 is 10.6 Å². The van der Waals surface area contributed by atoms with E-state index in [0.717, 1.165) is 12.3 Å². The summed E-state index contributed by atoms with van der Waals surface area (Å²) in [5.41, 5.74) is -0.0875. The lowest BCUT2D eigenvalue weighted by Gasteiger charge is -2.21. The minimum Gasteiger partial charge on any atom is -0.478 e. The summed E-state index contributed by atoms with van der Waals surface area (Å²) in [5.74, 6) is -2.77. The van der Waals surface area contributed by atoms with Crippen molar-refractivity contribution in [1.29, 1.82) is 0 Å². The Morgan fingerprint density at radius 2 is 2.00 bits per heavy atom. The molecule has 3 N–H and O–H groups in total. The quantitative estimate of drug-likeness (QED) is 0.628. The predicted molar refractivity (Wildman–Crippen MR) is 64.8 cm³/mol. The molecule has 0 radical (unpaired) electrons. The molecule has 0 aliphatic carbocycles. The average molecular weight is 277 g/mol. The topological polar surface area (TPSA) is 125 Å². The molecule has 2 heterocycles. The number of carboxylic acid groups (broad SMARTS) is 1. The largest absolute Gasteiger partial charge is 0.478 e. The lowest BCUT2D eigenvalue weighted by Crippen LogP contribution is -2.52. The number of aromatic carboxylic acids is 1. The Morgan fingerprint density at radius 1 is 1.30 bits per heavy atom. The molecule has 1 aliphatic heterocycles. The van der Waals surface area contributed by atoms with Crippen LogP contribution in [-0.4, -0.2) is 39.8 Å². The fraction of sp³-hybridized carbons (Fsp3) is 0.250. The van der Waals surface area contributed by atoms with Gasteiger partial charge in [0.05, 0.1) is 11.1 Å². The minimum absolute atomic E-state index is 0.0367. The second-order valence-electron chi connectivity index (χ2n) is 4.24. The van der Waals surface area contributed by atoms with E-state index in [4.69, 9.17) is 5.11 Å². The number of carboxylic acids is 1. The van der Waals surface area contributed by atoms with Crippen LogP contribution in [0.25, 0.3) is 0 Å². The van der Waals surface area contributed by atoms with Gasteiger partial charge in [0, 0.05) is 18.8 Å². The lowest BCUT2D eigenvalue weighted by molar-refractivity contribution is -0.134. The molecule has 1 fully saturated rings. The van der Waals surface area contributed by atoms with Crippen LogP contribution in [-0.2, 0) is 9.59 Å². The number of hydrogen-bond donors (Lipinski definition) is 3. The SMILES string of the molecule is O=C1CCC(NC(=O)c2cncc(C(=O)O)c2)C(=O)N1. The molecule has 1 aromatic rings. The zero-order valence-corrected chi connectivity index (χ0v) is 10.3. The van der Waals surface area contributed by atoms with E-state index < -0.39 is 23.8 Å². The Kier molecular flexibility index (Phi) is 3.74. The number of rotatable bonds is 3. The monoisotopic (exact) mass is 277 g/mol. The van der Waals surface area contributed by atoms with E-state index in [1.165, 1.54) is 6.20 Å². The maximum atomic E-state index is 11.9. The molecule has 1 aromatic heterocycles. The molecule has 20 heavy (non-hydrogen) atoms. The van der Waals surface area contributed by atoms with Crippen molar-refractivity contribution in [1.82, 2.24) is 15.6 Å². The molecule has 104 valence electrons. The van der Waals surface area contributed by atoms with E-state index in [9.17, 15) is 19.2 Å². The van der Waals surface area contributed by atoms with Crippen molar-refractivity contribution in [2.24, 2.45) is 0 Å². The van der Waals surface area contributed by atoms with Crippen molar-refractivity contribution in [3.8, 4) is 0 Å². The van der Waals surface area contributed by atoms with E-state index in [2.05, 4.69) is 15.6 Å². The molecule has 8 heteroatoms. The normalized spacial score (nSPS) is 18.3. The average Bonchev–Trinajstić information content (AvgIpc) is 2.42. The minimum atomic E-state index is -1.20. The van der Waals surface area contributed by atoms with Crippen molar-refractivity contribution in [2.45, 2.75) is 18.9 Å². The van der Waals surface area contributed by atoms with Crippen LogP contribution >= 0.6 is 0 Å². The second-order valence-corrected chi connectivity index (χ2v) is 4.24. The smallest absolute Gasteiger partial charge is 0.337 e. The molecule has 8 nitrogen and oxygen atoms in total. The third-order valence-corrected chi connectivity index (χ3v) is 2.79. The highest BCUT2D eigenvalue weighted by Gasteiger charge is 2.28. The van der Waals surface area contributed by atoms with Crippen LogP contribution in [0.1, 0.15) is 33.6 Å². The number of imide groups is 1. The van der Waals surface area contributed by atoms with Gasteiger partial charge in [0.1, 0.15) is 6.04 Å². The van der Waals surface area contributed by atoms with Crippen molar-refractivity contribution < 1.29 is 24.3 Å². The molecular formula is C12H11N3O5. The summed E-state index contributed by atoms with van der Waals surface area (Å²) >= 11 is 0. The van der Waals surface area contributed by atoms with Crippen LogP contribution in [0.3, 0.4) is 0 Å². The lowest BCUT2D eigenvalue weighted by atomic mass is 10.1. The van der Waals surface area contributed by atoms with E-state index in [1.807, 2.05) is 0 Å². The van der Waals surface area contributed by atoms with Crippen molar-refractivity contribution in [3.63, 3.8) is 0 Å². The number of hydrogen-bond acceptors (Lipinski definition) is 5. The number of carbonyl (C=O) groups is 4. The van der Waals surface area contributed by atoms with E-state index >= 15 is 0 Å². The van der Waals surface area contributed by atoms with Gasteiger partial charge in [0.15, 0.2) is 0 Å². The second kappa shape index (κ2) is 5.47. The fourth-order valence-corrected chi connectivity index (χ4v) is 1.75. The van der Waals surface area contributed by atoms with Crippen molar-refractivity contribution >= 4 is 23.7 Å². The Hall–Kier alpha value is -2.77. The summed E-state index contributed by atoms with van der Waals surface area (Å²) in [6, 6.07) is 0.352. The van der Waals surface area contributed by atoms with Gasteiger partial charge >= 0.3 is 5.97 Å². The molecular weight excluding hydrogens is 266 g/mol. The van der Waals surface area contributed by atoms with Crippen LogP contribution in [0.2, 0.25) is 0 Å². The number of aromatic nitrogens is 1. The maximum absolute atomic E-state index is 11.9. The van der Waals surface area contributed by atoms with Gasteiger partial charge in [-0.15, -0.1) is 0 Å². The molecule has 0 spiro atoms. The zero-order valence-electron chi connectivity index (χ0n) is 10.3. The first-order chi connectivity index (χ1) is 9.47. The van der Waals surface area contributed by atoms with Crippen molar-refractivity contribution in [2.75, 3.05) is 0 Å². The van der Waals surface area contributed by atoms with E-state index in [1.54, 1.807) is 0 Å². The summed E-state index contributed by atoms with van der Waals surface area (Å²) < 4.78 is 0. The zero-order chi connectivity index (χ0) is 14.7. The molecule has 1 saturated heterocycles. The maximum Gasteiger partial charge on any atom is 0.337 e. The van der Waals surface area contributed by atoms with Gasteiger partial charge in [0.2, 0.25) is 11.8 Å². The number of pyridine rings is 1. The number of nitrogens with one attached hydrogen (secondary N) is 2. The predicted octanol–water partition coefficient (Wildman–Crippen LogP) is -0.685. The number of amides is 3. The number of carbonyl (C=O) groups excluding carboxylic acids is 3. The fourth-order valence-electron chi connectivity index (χ4n) is 1.75. The molecule has 1 unspecified atom stereocenters. The highest BCUT2D eigenvalue weighted by Crippen LogP contribution is 2.07. The van der Waals surface area contributed by atoms with Gasteiger partial charge in [-0.1, -0.05) is 0 Å². The molecule has 2 rings (SSSR count). The van der Waals surface area contributed by atoms with Crippen LogP contribution in [0.5, 0.6) is 0 Å². The van der Waals surface area contributed by atoms with Crippen LogP contribution in [0.15, 0.2) is 18.5 Å². The van der Waals surface area contributed by atoms with E-state index in [-0.39, 0.29) is 29.9 Å². The summed E-state index contributed by atoms with van der Waals surface area (Å²) in [4.78, 5) is 48.8. The first-order valence-electron chi connectivity index (χ1n) is 5.80. The van der Waals surface area contributed by atoms with Gasteiger partial charge in [-0.2, -0.15) is 0 Å². The molecule has 0 saturated carbocycles. The molecule has 1 atom stereocenters. The summed E-state index contributed by atoms with van der Waals surface area (Å²) in [5, 5.41) is 13.4. The van der Waals surface area contributed by atoms with Crippen LogP contribution in [0, 0.1) is 0 Å². The molecule has 3 amide bonds. The van der Waals surface area contributed by atoms with Gasteiger partial charge in [0.25, 0.3) is 5.91 Å². The summed E-state index contributed by atoms with van der Waals surface area (Å²) in [6.45, 7) is 0. The Balaban J connectivity index is 2.08. The Labute approximate surface area is 113 Å². The summed E-state index contributed by atoms with van der Waals surface area (Å²) in [7, 11) is 0. The molecule has 1 aliphatic rings. The third kappa shape index (κ3) is 2.97. The van der Waals surface area contributed by atoms with Gasteiger partial charge < -0.3 is 10.4 Å². The number of nitrogens with zero attached hydrogens (tertiary/aromatic N) is 1.